The molecule has 3 nitrogen and oxygen atoms in total. The van der Waals surface area contributed by atoms with Crippen molar-refractivity contribution in [1.82, 2.24) is 0 Å². The van der Waals surface area contributed by atoms with E-state index in [2.05, 4.69) is 32.3 Å². The van der Waals surface area contributed by atoms with Gasteiger partial charge in [-0.3, -0.25) is 0 Å². The maximum atomic E-state index is 10.5. The molecule has 0 spiro atoms. The van der Waals surface area contributed by atoms with Crippen LogP contribution < -0.4 is 0 Å². The Hall–Kier alpha value is -0.163. The van der Waals surface area contributed by atoms with Crippen LogP contribution in [0.2, 0.25) is 19.6 Å². The second-order valence-corrected chi connectivity index (χ2v) is 12.2. The summed E-state index contributed by atoms with van der Waals surface area (Å²) in [7, 11) is -1.36. The van der Waals surface area contributed by atoms with Crippen molar-refractivity contribution < 1.29 is 14.6 Å². The fourth-order valence-electron chi connectivity index (χ4n) is 2.60. The number of rotatable bonds is 9. The van der Waals surface area contributed by atoms with E-state index in [-0.39, 0.29) is 12.4 Å². The molecular formula is C17H34O3Si. The van der Waals surface area contributed by atoms with Crippen LogP contribution in [-0.4, -0.2) is 38.8 Å². The number of hydrogen-bond donors (Lipinski definition) is 1. The smallest absolute Gasteiger partial charge is 0.158 e. The number of aliphatic hydroxyl groups is 1. The van der Waals surface area contributed by atoms with Gasteiger partial charge in [0, 0.05) is 6.61 Å². The average Bonchev–Trinajstić information content (AvgIpc) is 2.43. The van der Waals surface area contributed by atoms with Crippen molar-refractivity contribution in [3.63, 3.8) is 0 Å². The predicted molar refractivity (Wildman–Crippen MR) is 91.1 cm³/mol. The SMILES string of the molecule is CCCCCC(O)C(=C[Si](C)(C)C)COC1CCCCO1. The van der Waals surface area contributed by atoms with Gasteiger partial charge in [0.2, 0.25) is 0 Å². The highest BCUT2D eigenvalue weighted by molar-refractivity contribution is 6.81. The van der Waals surface area contributed by atoms with E-state index in [0.29, 0.717) is 6.61 Å². The van der Waals surface area contributed by atoms with Gasteiger partial charge < -0.3 is 14.6 Å². The fraction of sp³-hybridized carbons (Fsp3) is 0.882. The average molecular weight is 315 g/mol. The Morgan fingerprint density at radius 1 is 1.33 bits per heavy atom. The molecule has 124 valence electrons. The maximum absolute atomic E-state index is 10.5. The van der Waals surface area contributed by atoms with Crippen LogP contribution in [0.5, 0.6) is 0 Å². The van der Waals surface area contributed by atoms with Crippen molar-refractivity contribution in [2.75, 3.05) is 13.2 Å². The lowest BCUT2D eigenvalue weighted by Crippen LogP contribution is -2.27. The summed E-state index contributed by atoms with van der Waals surface area (Å²) in [6.07, 6.45) is 7.16. The van der Waals surface area contributed by atoms with E-state index in [0.717, 1.165) is 37.9 Å². The van der Waals surface area contributed by atoms with Gasteiger partial charge in [0.15, 0.2) is 6.29 Å². The molecule has 1 N–H and O–H groups in total. The van der Waals surface area contributed by atoms with Gasteiger partial charge in [-0.25, -0.2) is 0 Å². The predicted octanol–water partition coefficient (Wildman–Crippen LogP) is 4.27. The molecule has 0 saturated carbocycles. The lowest BCUT2D eigenvalue weighted by molar-refractivity contribution is -0.158. The summed E-state index contributed by atoms with van der Waals surface area (Å²) in [4.78, 5) is 0. The Morgan fingerprint density at radius 2 is 2.10 bits per heavy atom. The van der Waals surface area contributed by atoms with Crippen molar-refractivity contribution >= 4 is 8.07 Å². The van der Waals surface area contributed by atoms with Crippen LogP contribution in [0.15, 0.2) is 11.3 Å². The van der Waals surface area contributed by atoms with E-state index >= 15 is 0 Å². The molecule has 1 heterocycles. The zero-order valence-electron chi connectivity index (χ0n) is 14.4. The first-order valence-electron chi connectivity index (χ1n) is 8.55. The van der Waals surface area contributed by atoms with E-state index in [1.807, 2.05) is 0 Å². The summed E-state index contributed by atoms with van der Waals surface area (Å²) >= 11 is 0. The quantitative estimate of drug-likeness (QED) is 0.510. The van der Waals surface area contributed by atoms with Gasteiger partial charge >= 0.3 is 0 Å². The molecule has 1 saturated heterocycles. The van der Waals surface area contributed by atoms with Crippen molar-refractivity contribution in [3.05, 3.63) is 11.3 Å². The van der Waals surface area contributed by atoms with Crippen molar-refractivity contribution in [3.8, 4) is 0 Å². The molecule has 2 atom stereocenters. The van der Waals surface area contributed by atoms with Gasteiger partial charge in [0.05, 0.1) is 20.8 Å². The molecule has 21 heavy (non-hydrogen) atoms. The topological polar surface area (TPSA) is 38.7 Å². The molecule has 0 bridgehead atoms. The molecule has 2 unspecified atom stereocenters. The highest BCUT2D eigenvalue weighted by atomic mass is 28.3. The van der Waals surface area contributed by atoms with E-state index < -0.39 is 8.07 Å². The van der Waals surface area contributed by atoms with Crippen molar-refractivity contribution in [2.45, 2.75) is 83.9 Å². The Bertz CT molecular complexity index is 304. The maximum Gasteiger partial charge on any atom is 0.158 e. The molecule has 1 fully saturated rings. The minimum atomic E-state index is -1.36. The number of ether oxygens (including phenoxy) is 2. The molecule has 0 amide bonds. The minimum absolute atomic E-state index is 0.0772. The fourth-order valence-corrected chi connectivity index (χ4v) is 3.98. The molecule has 1 rings (SSSR count). The van der Waals surface area contributed by atoms with Crippen LogP contribution in [-0.2, 0) is 9.47 Å². The molecule has 0 aromatic carbocycles. The van der Waals surface area contributed by atoms with Crippen LogP contribution in [0, 0.1) is 0 Å². The van der Waals surface area contributed by atoms with Gasteiger partial charge in [0.1, 0.15) is 0 Å². The molecule has 0 aliphatic carbocycles. The third-order valence-corrected chi connectivity index (χ3v) is 4.94. The Kier molecular flexibility index (Phi) is 8.79. The van der Waals surface area contributed by atoms with Crippen LogP contribution >= 0.6 is 0 Å². The monoisotopic (exact) mass is 314 g/mol. The van der Waals surface area contributed by atoms with E-state index in [9.17, 15) is 5.11 Å². The Morgan fingerprint density at radius 3 is 2.67 bits per heavy atom. The highest BCUT2D eigenvalue weighted by Gasteiger charge is 2.20. The first-order valence-corrected chi connectivity index (χ1v) is 12.1. The van der Waals surface area contributed by atoms with Crippen molar-refractivity contribution in [1.29, 1.82) is 0 Å². The molecule has 4 heteroatoms. The van der Waals surface area contributed by atoms with Crippen LogP contribution in [0.3, 0.4) is 0 Å². The zero-order valence-corrected chi connectivity index (χ0v) is 15.4. The Labute approximate surface area is 131 Å². The molecule has 0 aromatic rings. The van der Waals surface area contributed by atoms with Crippen molar-refractivity contribution in [2.24, 2.45) is 0 Å². The first kappa shape index (κ1) is 18.9. The molecule has 1 aliphatic heterocycles. The van der Waals surface area contributed by atoms with Gasteiger partial charge in [-0.15, -0.1) is 0 Å². The summed E-state index contributed by atoms with van der Waals surface area (Å²) in [5.41, 5.74) is 3.37. The summed E-state index contributed by atoms with van der Waals surface area (Å²) in [5.74, 6) is 0. The van der Waals surface area contributed by atoms with Crippen LogP contribution in [0.1, 0.15) is 51.9 Å². The molecule has 0 aromatic heterocycles. The third-order valence-electron chi connectivity index (χ3n) is 3.70. The number of unbranched alkanes of at least 4 members (excludes halogenated alkanes) is 2. The summed E-state index contributed by atoms with van der Waals surface area (Å²) in [6.45, 7) is 10.4. The lowest BCUT2D eigenvalue weighted by atomic mass is 10.1. The van der Waals surface area contributed by atoms with Gasteiger partial charge in [-0.1, -0.05) is 51.5 Å². The molecular weight excluding hydrogens is 280 g/mol. The van der Waals surface area contributed by atoms with E-state index in [1.165, 1.54) is 19.3 Å². The van der Waals surface area contributed by atoms with Crippen LogP contribution in [0.25, 0.3) is 0 Å². The second-order valence-electron chi connectivity index (χ2n) is 7.20. The van der Waals surface area contributed by atoms with Gasteiger partial charge in [-0.2, -0.15) is 0 Å². The van der Waals surface area contributed by atoms with Gasteiger partial charge in [0.25, 0.3) is 0 Å². The number of aliphatic hydroxyl groups excluding tert-OH is 1. The summed E-state index contributed by atoms with van der Waals surface area (Å²) in [6, 6.07) is 0. The Balaban J connectivity index is 2.53. The van der Waals surface area contributed by atoms with Gasteiger partial charge in [-0.05, 0) is 31.3 Å². The van der Waals surface area contributed by atoms with E-state index in [1.54, 1.807) is 0 Å². The summed E-state index contributed by atoms with van der Waals surface area (Å²) in [5, 5.41) is 10.5. The number of hydrogen-bond acceptors (Lipinski definition) is 3. The zero-order chi connectivity index (χ0) is 15.7. The molecule has 1 aliphatic rings. The molecule has 0 radical (unpaired) electrons. The lowest BCUT2D eigenvalue weighted by Gasteiger charge is -2.25. The first-order chi connectivity index (χ1) is 9.92. The minimum Gasteiger partial charge on any atom is -0.389 e. The van der Waals surface area contributed by atoms with E-state index in [4.69, 9.17) is 9.47 Å². The second kappa shape index (κ2) is 9.77. The standard InChI is InChI=1S/C17H34O3Si/c1-5-6-7-10-16(18)15(14-21(2,3)4)13-20-17-11-8-9-12-19-17/h14,16-18H,5-13H2,1-4H3. The largest absolute Gasteiger partial charge is 0.389 e. The normalized spacial score (nSPS) is 22.3. The highest BCUT2D eigenvalue weighted by Crippen LogP contribution is 2.19. The summed E-state index contributed by atoms with van der Waals surface area (Å²) < 4.78 is 11.5. The van der Waals surface area contributed by atoms with Crippen LogP contribution in [0.4, 0.5) is 0 Å². The third kappa shape index (κ3) is 8.76.